The van der Waals surface area contributed by atoms with Crippen LogP contribution in [0.3, 0.4) is 0 Å². The van der Waals surface area contributed by atoms with Gasteiger partial charge in [0.25, 0.3) is 5.91 Å². The molecule has 2 fully saturated rings. The number of anilines is 1. The number of esters is 1. The molecule has 8 heteroatoms. The van der Waals surface area contributed by atoms with Crippen molar-refractivity contribution in [2.75, 3.05) is 31.6 Å². The summed E-state index contributed by atoms with van der Waals surface area (Å²) in [7, 11) is 1.68. The topological polar surface area (TPSA) is 75.3 Å². The first kappa shape index (κ1) is 20.3. The molecule has 1 aromatic carbocycles. The number of carbonyl (C=O) groups is 2. The van der Waals surface area contributed by atoms with Crippen LogP contribution in [0.5, 0.6) is 0 Å². The van der Waals surface area contributed by atoms with Crippen LogP contribution in [0, 0.1) is 0 Å². The summed E-state index contributed by atoms with van der Waals surface area (Å²) in [6, 6.07) is 10.7. The molecule has 0 saturated carbocycles. The maximum Gasteiger partial charge on any atom is 0.338 e. The van der Waals surface area contributed by atoms with Crippen LogP contribution in [0.25, 0.3) is 6.08 Å². The minimum absolute atomic E-state index is 0.139. The maximum absolute atomic E-state index is 12.7. The number of hydrogen-bond donors (Lipinski definition) is 0. The van der Waals surface area contributed by atoms with E-state index in [-0.39, 0.29) is 5.91 Å². The van der Waals surface area contributed by atoms with Crippen LogP contribution in [-0.4, -0.2) is 48.7 Å². The molecule has 0 atom stereocenters. The maximum atomic E-state index is 12.7. The molecule has 0 bridgehead atoms. The summed E-state index contributed by atoms with van der Waals surface area (Å²) in [4.78, 5) is 33.4. The minimum Gasteiger partial charge on any atom is -0.462 e. The molecular formula is C22H23N3O4S. The van der Waals surface area contributed by atoms with Crippen molar-refractivity contribution in [2.24, 2.45) is 4.99 Å². The molecule has 30 heavy (non-hydrogen) atoms. The molecule has 4 rings (SSSR count). The number of rotatable bonds is 5. The summed E-state index contributed by atoms with van der Waals surface area (Å²) in [5, 5.41) is 0.540. The van der Waals surface area contributed by atoms with Gasteiger partial charge in [-0.15, -0.1) is 0 Å². The van der Waals surface area contributed by atoms with Crippen molar-refractivity contribution in [3.8, 4) is 0 Å². The average Bonchev–Trinajstić information content (AvgIpc) is 3.48. The molecule has 0 N–H and O–H groups in total. The molecular weight excluding hydrogens is 402 g/mol. The van der Waals surface area contributed by atoms with Gasteiger partial charge in [-0.3, -0.25) is 9.69 Å². The van der Waals surface area contributed by atoms with E-state index in [2.05, 4.69) is 9.89 Å². The summed E-state index contributed by atoms with van der Waals surface area (Å²) in [5.74, 6) is 0.953. The highest BCUT2D eigenvalue weighted by Gasteiger charge is 2.31. The van der Waals surface area contributed by atoms with Gasteiger partial charge in [0.05, 0.1) is 22.8 Å². The summed E-state index contributed by atoms with van der Waals surface area (Å²) >= 11 is 1.28. The Hall–Kier alpha value is -3.00. The summed E-state index contributed by atoms with van der Waals surface area (Å²) in [6.45, 7) is 4.08. The quantitative estimate of drug-likeness (QED) is 0.525. The van der Waals surface area contributed by atoms with Crippen molar-refractivity contribution in [1.29, 1.82) is 0 Å². The Bertz CT molecular complexity index is 1020. The number of thioether (sulfide) groups is 1. The van der Waals surface area contributed by atoms with Crippen LogP contribution in [0.4, 0.5) is 11.6 Å². The standard InChI is InChI=1S/C22H23N3O4S/c1-3-28-21(27)15-7-6-8-16(13-15)23-22-24(2)20(26)18(30-22)14-17-9-10-19(29-17)25-11-4-5-12-25/h6-10,13-14H,3-5,11-12H2,1-2H3. The largest absolute Gasteiger partial charge is 0.462 e. The molecule has 0 aliphatic carbocycles. The lowest BCUT2D eigenvalue weighted by molar-refractivity contribution is -0.121. The van der Waals surface area contributed by atoms with Crippen LogP contribution in [0.1, 0.15) is 35.9 Å². The summed E-state index contributed by atoms with van der Waals surface area (Å²) < 4.78 is 10.9. The third-order valence-electron chi connectivity index (χ3n) is 4.89. The van der Waals surface area contributed by atoms with Gasteiger partial charge in [0, 0.05) is 32.3 Å². The third kappa shape index (κ3) is 4.28. The van der Waals surface area contributed by atoms with E-state index in [1.807, 2.05) is 12.1 Å². The minimum atomic E-state index is -0.393. The highest BCUT2D eigenvalue weighted by atomic mass is 32.2. The zero-order valence-electron chi connectivity index (χ0n) is 17.0. The Morgan fingerprint density at radius 2 is 2.07 bits per heavy atom. The Morgan fingerprint density at radius 3 is 2.83 bits per heavy atom. The van der Waals surface area contributed by atoms with E-state index in [1.54, 1.807) is 44.3 Å². The molecule has 2 aliphatic heterocycles. The number of hydrogen-bond acceptors (Lipinski definition) is 7. The van der Waals surface area contributed by atoms with Gasteiger partial charge in [-0.2, -0.15) is 0 Å². The van der Waals surface area contributed by atoms with Gasteiger partial charge in [-0.05, 0) is 55.8 Å². The van der Waals surface area contributed by atoms with Gasteiger partial charge < -0.3 is 14.1 Å². The number of likely N-dealkylation sites (N-methyl/N-ethyl adjacent to an activating group) is 1. The SMILES string of the molecule is CCOC(=O)c1cccc(N=C2SC(=Cc3ccc(N4CCCC4)o3)C(=O)N2C)c1. The second-order valence-corrected chi connectivity index (χ2v) is 8.02. The number of amides is 1. The van der Waals surface area contributed by atoms with Gasteiger partial charge >= 0.3 is 5.97 Å². The van der Waals surface area contributed by atoms with E-state index in [0.717, 1.165) is 19.0 Å². The zero-order chi connectivity index (χ0) is 21.1. The van der Waals surface area contributed by atoms with Gasteiger partial charge in [0.1, 0.15) is 5.76 Å². The fourth-order valence-corrected chi connectivity index (χ4v) is 4.30. The molecule has 1 amide bonds. The number of nitrogens with zero attached hydrogens (tertiary/aromatic N) is 3. The van der Waals surface area contributed by atoms with Crippen molar-refractivity contribution >= 4 is 46.5 Å². The first-order valence-corrected chi connectivity index (χ1v) is 10.7. The first-order chi connectivity index (χ1) is 14.5. The smallest absolute Gasteiger partial charge is 0.338 e. The molecule has 1 aromatic heterocycles. The highest BCUT2D eigenvalue weighted by Crippen LogP contribution is 2.34. The van der Waals surface area contributed by atoms with E-state index < -0.39 is 5.97 Å². The predicted molar refractivity (Wildman–Crippen MR) is 118 cm³/mol. The first-order valence-electron chi connectivity index (χ1n) is 9.93. The Kier molecular flexibility index (Phi) is 5.94. The van der Waals surface area contributed by atoms with E-state index >= 15 is 0 Å². The van der Waals surface area contributed by atoms with Gasteiger partial charge in [0.2, 0.25) is 0 Å². The normalized spacial score (nSPS) is 19.3. The van der Waals surface area contributed by atoms with Gasteiger partial charge in [-0.1, -0.05) is 6.07 Å². The number of carbonyl (C=O) groups excluding carboxylic acids is 2. The van der Waals surface area contributed by atoms with Gasteiger partial charge in [-0.25, -0.2) is 9.79 Å². The van der Waals surface area contributed by atoms with Crippen molar-refractivity contribution < 1.29 is 18.7 Å². The lowest BCUT2D eigenvalue weighted by Gasteiger charge is -2.12. The van der Waals surface area contributed by atoms with Crippen LogP contribution in [0.15, 0.2) is 50.7 Å². The van der Waals surface area contributed by atoms with Gasteiger partial charge in [0.15, 0.2) is 11.1 Å². The Balaban J connectivity index is 1.53. The van der Waals surface area contributed by atoms with Crippen molar-refractivity contribution in [3.05, 3.63) is 52.6 Å². The second kappa shape index (κ2) is 8.79. The van der Waals surface area contributed by atoms with Crippen LogP contribution >= 0.6 is 11.8 Å². The monoisotopic (exact) mass is 425 g/mol. The molecule has 2 aromatic rings. The zero-order valence-corrected chi connectivity index (χ0v) is 17.8. The van der Waals surface area contributed by atoms with E-state index in [9.17, 15) is 9.59 Å². The molecule has 0 radical (unpaired) electrons. The molecule has 7 nitrogen and oxygen atoms in total. The molecule has 156 valence electrons. The Morgan fingerprint density at radius 1 is 1.27 bits per heavy atom. The Labute approximate surface area is 179 Å². The van der Waals surface area contributed by atoms with E-state index in [0.29, 0.717) is 33.7 Å². The van der Waals surface area contributed by atoms with Crippen molar-refractivity contribution in [2.45, 2.75) is 19.8 Å². The van der Waals surface area contributed by atoms with Crippen LogP contribution < -0.4 is 4.90 Å². The number of benzene rings is 1. The van der Waals surface area contributed by atoms with Crippen LogP contribution in [-0.2, 0) is 9.53 Å². The number of amidine groups is 1. The third-order valence-corrected chi connectivity index (χ3v) is 5.95. The molecule has 2 aliphatic rings. The molecule has 0 spiro atoms. The molecule has 3 heterocycles. The second-order valence-electron chi connectivity index (χ2n) is 7.01. The van der Waals surface area contributed by atoms with Crippen molar-refractivity contribution in [3.63, 3.8) is 0 Å². The van der Waals surface area contributed by atoms with Crippen LogP contribution in [0.2, 0.25) is 0 Å². The number of ether oxygens (including phenoxy) is 1. The fraction of sp³-hybridized carbons (Fsp3) is 0.318. The van der Waals surface area contributed by atoms with Crippen molar-refractivity contribution in [1.82, 2.24) is 4.90 Å². The lowest BCUT2D eigenvalue weighted by Crippen LogP contribution is -2.23. The predicted octanol–water partition coefficient (Wildman–Crippen LogP) is 4.29. The fourth-order valence-electron chi connectivity index (χ4n) is 3.34. The lowest BCUT2D eigenvalue weighted by atomic mass is 10.2. The number of aliphatic imine (C=N–C) groups is 1. The highest BCUT2D eigenvalue weighted by molar-refractivity contribution is 8.18. The average molecular weight is 426 g/mol. The van der Waals surface area contributed by atoms with E-state index in [4.69, 9.17) is 9.15 Å². The number of furan rings is 1. The summed E-state index contributed by atoms with van der Waals surface area (Å²) in [6.07, 6.45) is 4.10. The molecule has 2 saturated heterocycles. The summed E-state index contributed by atoms with van der Waals surface area (Å²) in [5.41, 5.74) is 1.01. The van der Waals surface area contributed by atoms with E-state index in [1.165, 1.54) is 29.5 Å². The molecule has 0 unspecified atom stereocenters.